The van der Waals surface area contributed by atoms with Crippen molar-refractivity contribution in [2.75, 3.05) is 13.7 Å². The summed E-state index contributed by atoms with van der Waals surface area (Å²) in [7, 11) is 1.55. The highest BCUT2D eigenvalue weighted by Gasteiger charge is 2.09. The number of ether oxygens (including phenoxy) is 2. The third kappa shape index (κ3) is 3.44. The van der Waals surface area contributed by atoms with E-state index >= 15 is 0 Å². The number of allylic oxidation sites excluding steroid dienone is 1. The van der Waals surface area contributed by atoms with Crippen molar-refractivity contribution >= 4 is 11.6 Å². The van der Waals surface area contributed by atoms with Crippen LogP contribution in [-0.2, 0) is 0 Å². The minimum absolute atomic E-state index is 0.254. The topological polar surface area (TPSA) is 42.2 Å². The van der Waals surface area contributed by atoms with Gasteiger partial charge in [0.15, 0.2) is 11.5 Å². The Balaban J connectivity index is 2.43. The van der Waals surface area contributed by atoms with Crippen LogP contribution in [0.4, 0.5) is 4.39 Å². The highest BCUT2D eigenvalue weighted by atomic mass is 19.1. The van der Waals surface area contributed by atoms with Crippen LogP contribution < -0.4 is 9.47 Å². The number of methoxy groups -OCH3 is 1. The highest BCUT2D eigenvalue weighted by Crippen LogP contribution is 2.30. The van der Waals surface area contributed by atoms with Crippen molar-refractivity contribution in [2.24, 2.45) is 0 Å². The molecule has 2 rings (SSSR count). The van der Waals surface area contributed by atoms with Gasteiger partial charge >= 0.3 is 0 Å². The van der Waals surface area contributed by atoms with Crippen molar-refractivity contribution in [1.29, 1.82) is 5.26 Å². The van der Waals surface area contributed by atoms with E-state index < -0.39 is 5.82 Å². The molecule has 0 fully saturated rings. The minimum Gasteiger partial charge on any atom is -0.493 e. The monoisotopic (exact) mass is 297 g/mol. The second-order valence-corrected chi connectivity index (χ2v) is 4.49. The minimum atomic E-state index is -0.423. The molecule has 0 amide bonds. The summed E-state index contributed by atoms with van der Waals surface area (Å²) in [5, 5.41) is 9.29. The first-order valence-electron chi connectivity index (χ1n) is 6.87. The summed E-state index contributed by atoms with van der Waals surface area (Å²) >= 11 is 0. The number of benzene rings is 2. The zero-order valence-electron chi connectivity index (χ0n) is 12.5. The van der Waals surface area contributed by atoms with E-state index in [4.69, 9.17) is 9.47 Å². The second-order valence-electron chi connectivity index (χ2n) is 4.49. The first kappa shape index (κ1) is 15.6. The normalized spacial score (nSPS) is 10.9. The quantitative estimate of drug-likeness (QED) is 0.610. The summed E-state index contributed by atoms with van der Waals surface area (Å²) in [6.07, 6.45) is 1.62. The van der Waals surface area contributed by atoms with Gasteiger partial charge in [-0.3, -0.25) is 0 Å². The van der Waals surface area contributed by atoms with Gasteiger partial charge in [0.1, 0.15) is 5.82 Å². The number of nitriles is 1. The van der Waals surface area contributed by atoms with Crippen molar-refractivity contribution in [3.63, 3.8) is 0 Å². The maximum absolute atomic E-state index is 13.8. The zero-order valence-corrected chi connectivity index (χ0v) is 12.5. The average molecular weight is 297 g/mol. The molecule has 0 N–H and O–H groups in total. The molecule has 0 unspecified atom stereocenters. The summed E-state index contributed by atoms with van der Waals surface area (Å²) in [6.45, 7) is 2.42. The number of nitrogens with zero attached hydrogens (tertiary/aromatic N) is 1. The lowest BCUT2D eigenvalue weighted by Gasteiger charge is -2.10. The molecule has 0 spiro atoms. The Kier molecular flexibility index (Phi) is 5.16. The summed E-state index contributed by atoms with van der Waals surface area (Å²) in [4.78, 5) is 0. The predicted molar refractivity (Wildman–Crippen MR) is 84.0 cm³/mol. The first-order valence-corrected chi connectivity index (χ1v) is 6.87. The number of hydrogen-bond donors (Lipinski definition) is 0. The van der Waals surface area contributed by atoms with Gasteiger partial charge in [0.05, 0.1) is 25.4 Å². The largest absolute Gasteiger partial charge is 0.493 e. The highest BCUT2D eigenvalue weighted by molar-refractivity contribution is 5.90. The van der Waals surface area contributed by atoms with Crippen molar-refractivity contribution in [3.8, 4) is 17.6 Å². The summed E-state index contributed by atoms with van der Waals surface area (Å²) in [5.41, 5.74) is 1.27. The Morgan fingerprint density at radius 1 is 1.23 bits per heavy atom. The first-order chi connectivity index (χ1) is 10.7. The van der Waals surface area contributed by atoms with Crippen LogP contribution in [0.3, 0.4) is 0 Å². The molecule has 2 aromatic rings. The van der Waals surface area contributed by atoms with Gasteiger partial charge in [-0.1, -0.05) is 24.3 Å². The molecule has 112 valence electrons. The van der Waals surface area contributed by atoms with E-state index in [1.807, 2.05) is 13.0 Å². The van der Waals surface area contributed by atoms with Crippen molar-refractivity contribution < 1.29 is 13.9 Å². The molecular weight excluding hydrogens is 281 g/mol. The molecule has 0 aliphatic rings. The molecule has 0 radical (unpaired) electrons. The lowest BCUT2D eigenvalue weighted by Crippen LogP contribution is -1.95. The molecule has 0 aliphatic carbocycles. The smallest absolute Gasteiger partial charge is 0.161 e. The molecular formula is C18H16FNO2. The predicted octanol–water partition coefficient (Wildman–Crippen LogP) is 4.30. The summed E-state index contributed by atoms with van der Waals surface area (Å²) in [5.74, 6) is 0.779. The van der Waals surface area contributed by atoms with Crippen LogP contribution >= 0.6 is 0 Å². The van der Waals surface area contributed by atoms with Crippen LogP contribution in [0.5, 0.6) is 11.5 Å². The number of rotatable bonds is 5. The molecule has 4 heteroatoms. The van der Waals surface area contributed by atoms with Crippen molar-refractivity contribution in [3.05, 3.63) is 59.4 Å². The Labute approximate surface area is 129 Å². The Morgan fingerprint density at radius 2 is 2.00 bits per heavy atom. The third-order valence-electron chi connectivity index (χ3n) is 3.08. The average Bonchev–Trinajstić information content (AvgIpc) is 2.54. The molecule has 3 nitrogen and oxygen atoms in total. The van der Waals surface area contributed by atoms with Gasteiger partial charge in [0.25, 0.3) is 0 Å². The fourth-order valence-electron chi connectivity index (χ4n) is 2.07. The van der Waals surface area contributed by atoms with Gasteiger partial charge in [0, 0.05) is 5.56 Å². The van der Waals surface area contributed by atoms with E-state index in [1.165, 1.54) is 6.07 Å². The Bertz CT molecular complexity index is 732. The fourth-order valence-corrected chi connectivity index (χ4v) is 2.07. The fraction of sp³-hybridized carbons (Fsp3) is 0.167. The molecule has 0 heterocycles. The molecule has 0 aliphatic heterocycles. The van der Waals surface area contributed by atoms with Crippen molar-refractivity contribution in [1.82, 2.24) is 0 Å². The third-order valence-corrected chi connectivity index (χ3v) is 3.08. The molecule has 0 aromatic heterocycles. The lowest BCUT2D eigenvalue weighted by atomic mass is 10.0. The van der Waals surface area contributed by atoms with Gasteiger partial charge in [-0.05, 0) is 36.8 Å². The van der Waals surface area contributed by atoms with Crippen LogP contribution in [-0.4, -0.2) is 13.7 Å². The van der Waals surface area contributed by atoms with Gasteiger partial charge in [0.2, 0.25) is 0 Å². The Morgan fingerprint density at radius 3 is 2.64 bits per heavy atom. The SMILES string of the molecule is CCOc1ccc(C=C(C#N)c2ccccc2F)cc1OC. The van der Waals surface area contributed by atoms with Gasteiger partial charge in [-0.2, -0.15) is 5.26 Å². The van der Waals surface area contributed by atoms with E-state index in [9.17, 15) is 9.65 Å². The van der Waals surface area contributed by atoms with Crippen LogP contribution in [0.15, 0.2) is 42.5 Å². The van der Waals surface area contributed by atoms with E-state index in [0.717, 1.165) is 5.56 Å². The van der Waals surface area contributed by atoms with E-state index in [2.05, 4.69) is 0 Å². The van der Waals surface area contributed by atoms with E-state index in [-0.39, 0.29) is 11.1 Å². The van der Waals surface area contributed by atoms with Crippen LogP contribution in [0.25, 0.3) is 11.6 Å². The standard InChI is InChI=1S/C18H16FNO2/c1-3-22-17-9-8-13(11-18(17)21-2)10-14(12-20)15-6-4-5-7-16(15)19/h4-11H,3H2,1-2H3. The number of hydrogen-bond acceptors (Lipinski definition) is 3. The Hall–Kier alpha value is -2.80. The van der Waals surface area contributed by atoms with E-state index in [1.54, 1.807) is 49.6 Å². The van der Waals surface area contributed by atoms with Gasteiger partial charge in [-0.15, -0.1) is 0 Å². The van der Waals surface area contributed by atoms with Crippen LogP contribution in [0.2, 0.25) is 0 Å². The molecule has 0 saturated heterocycles. The maximum Gasteiger partial charge on any atom is 0.161 e. The summed E-state index contributed by atoms with van der Waals surface area (Å²) in [6, 6.07) is 13.6. The molecule has 22 heavy (non-hydrogen) atoms. The van der Waals surface area contributed by atoms with Gasteiger partial charge in [-0.25, -0.2) is 4.39 Å². The molecule has 0 atom stereocenters. The van der Waals surface area contributed by atoms with Gasteiger partial charge < -0.3 is 9.47 Å². The molecule has 0 bridgehead atoms. The van der Waals surface area contributed by atoms with Crippen molar-refractivity contribution in [2.45, 2.75) is 6.92 Å². The lowest BCUT2D eigenvalue weighted by molar-refractivity contribution is 0.311. The van der Waals surface area contributed by atoms with E-state index in [0.29, 0.717) is 18.1 Å². The van der Waals surface area contributed by atoms with Crippen LogP contribution in [0, 0.1) is 17.1 Å². The number of halogens is 1. The molecule has 2 aromatic carbocycles. The second kappa shape index (κ2) is 7.28. The van der Waals surface area contributed by atoms with Crippen LogP contribution in [0.1, 0.15) is 18.1 Å². The zero-order chi connectivity index (χ0) is 15.9. The maximum atomic E-state index is 13.8. The molecule has 0 saturated carbocycles. The summed E-state index contributed by atoms with van der Waals surface area (Å²) < 4.78 is 24.5.